The molecule has 28 heavy (non-hydrogen) atoms. The van der Waals surface area contributed by atoms with E-state index in [9.17, 15) is 0 Å². The zero-order chi connectivity index (χ0) is 19.6. The van der Waals surface area contributed by atoms with Crippen LogP contribution in [0, 0.1) is 0 Å². The van der Waals surface area contributed by atoms with E-state index in [1.807, 2.05) is 0 Å². The average molecular weight is 651 g/mol. The molecule has 4 heteroatoms. The van der Waals surface area contributed by atoms with Crippen molar-refractivity contribution in [3.8, 4) is 0 Å². The molecule has 0 spiro atoms. The molecular weight excluding hydrogens is 597 g/mol. The monoisotopic (exact) mass is 652 g/mol. The van der Waals surface area contributed by atoms with Crippen LogP contribution in [0.1, 0.15) is 142 Å². The summed E-state index contributed by atoms with van der Waals surface area (Å²) < 4.78 is 3.00. The standard InChI is InChI=1S/2C12H25.2ClH.2Sn.2H/c2*1-3-5-7-9-11-12-10-8-6-4-2;;;;;;/h2*1,3-12H2,2H3;2*1H;;;;. The van der Waals surface area contributed by atoms with Gasteiger partial charge in [-0.25, -0.2) is 0 Å². The molecule has 0 saturated heterocycles. The fourth-order valence-corrected chi connectivity index (χ4v) is 4.91. The molecule has 0 aromatic carbocycles. The summed E-state index contributed by atoms with van der Waals surface area (Å²) in [5.41, 5.74) is 0. The summed E-state index contributed by atoms with van der Waals surface area (Å²) in [5.74, 6) is 0. The van der Waals surface area contributed by atoms with Crippen LogP contribution < -0.4 is 0 Å². The van der Waals surface area contributed by atoms with Gasteiger partial charge in [0.2, 0.25) is 0 Å². The van der Waals surface area contributed by atoms with Crippen LogP contribution in [0.4, 0.5) is 0 Å². The van der Waals surface area contributed by atoms with Gasteiger partial charge in [0.05, 0.1) is 0 Å². The Kier molecular flexibility index (Phi) is 53.1. The van der Waals surface area contributed by atoms with Gasteiger partial charge in [-0.2, -0.15) is 0 Å². The third-order valence-electron chi connectivity index (χ3n) is 5.12. The van der Waals surface area contributed by atoms with Crippen molar-refractivity contribution in [1.82, 2.24) is 0 Å². The molecule has 0 saturated carbocycles. The summed E-state index contributed by atoms with van der Waals surface area (Å²) in [6, 6.07) is 0. The molecule has 0 rings (SSSR count). The van der Waals surface area contributed by atoms with E-state index >= 15 is 0 Å². The van der Waals surface area contributed by atoms with Crippen molar-refractivity contribution in [2.24, 2.45) is 0 Å². The quantitative estimate of drug-likeness (QED) is 0.0910. The van der Waals surface area contributed by atoms with Crippen LogP contribution >= 0.6 is 24.8 Å². The first-order chi connectivity index (χ1) is 12.8. The topological polar surface area (TPSA) is 0 Å². The van der Waals surface area contributed by atoms with E-state index in [0.717, 1.165) is 0 Å². The summed E-state index contributed by atoms with van der Waals surface area (Å²) in [5, 5.41) is 0. The number of halogens is 2. The molecule has 0 N–H and O–H groups in total. The molecule has 0 unspecified atom stereocenters. The molecule has 0 aromatic heterocycles. The fourth-order valence-electron chi connectivity index (χ4n) is 3.26. The second kappa shape index (κ2) is 39.6. The second-order valence-corrected chi connectivity index (χ2v) is 11.2. The molecular formula is C24H54Cl2Sn2. The Hall–Kier alpha value is 2.18. The Balaban J connectivity index is -0.000000192. The molecule has 0 amide bonds. The molecule has 172 valence electrons. The van der Waals surface area contributed by atoms with Crippen molar-refractivity contribution in [3.63, 3.8) is 0 Å². The van der Waals surface area contributed by atoms with Gasteiger partial charge in [0.15, 0.2) is 0 Å². The molecule has 0 bridgehead atoms. The average Bonchev–Trinajstić information content (AvgIpc) is 2.66. The molecule has 0 nitrogen and oxygen atoms in total. The Morgan fingerprint density at radius 2 is 0.500 bits per heavy atom. The van der Waals surface area contributed by atoms with Crippen LogP contribution in [0.5, 0.6) is 0 Å². The Morgan fingerprint density at radius 3 is 0.679 bits per heavy atom. The van der Waals surface area contributed by atoms with Gasteiger partial charge < -0.3 is 0 Å². The van der Waals surface area contributed by atoms with Crippen LogP contribution in [0.15, 0.2) is 0 Å². The van der Waals surface area contributed by atoms with Crippen LogP contribution in [0.2, 0.25) is 8.87 Å². The van der Waals surface area contributed by atoms with Gasteiger partial charge in [0, 0.05) is 0 Å². The normalized spacial score (nSPS) is 9.86. The minimum atomic E-state index is 0. The number of hydrogen-bond donors (Lipinski definition) is 0. The maximum atomic E-state index is 2.29. The zero-order valence-electron chi connectivity index (χ0n) is 19.5. The summed E-state index contributed by atoms with van der Waals surface area (Å²) in [4.78, 5) is 0. The SMILES string of the molecule is CCCCCCCCCCC[CH2][SnH].CCCCCCCCCCC[CH2][SnH].Cl.Cl. The Labute approximate surface area is 219 Å². The second-order valence-electron chi connectivity index (χ2n) is 7.94. The van der Waals surface area contributed by atoms with Crippen molar-refractivity contribution in [2.45, 2.75) is 151 Å². The van der Waals surface area contributed by atoms with Gasteiger partial charge in [-0.3, -0.25) is 0 Å². The van der Waals surface area contributed by atoms with Crippen molar-refractivity contribution in [2.75, 3.05) is 0 Å². The summed E-state index contributed by atoms with van der Waals surface area (Å²) in [6.07, 6.45) is 29.5. The number of hydrogen-bond acceptors (Lipinski definition) is 0. The Bertz CT molecular complexity index is 175. The molecule has 4 radical (unpaired) electrons. The first-order valence-corrected chi connectivity index (χ1v) is 16.9. The zero-order valence-corrected chi connectivity index (χ0v) is 27.8. The predicted molar refractivity (Wildman–Crippen MR) is 142 cm³/mol. The third-order valence-corrected chi connectivity index (χ3v) is 7.45. The molecule has 0 heterocycles. The molecule has 0 fully saturated rings. The van der Waals surface area contributed by atoms with Crippen LogP contribution in [-0.4, -0.2) is 45.0 Å². The summed E-state index contributed by atoms with van der Waals surface area (Å²) in [6.45, 7) is 4.57. The molecule has 0 aliphatic heterocycles. The molecule has 0 atom stereocenters. The molecule has 0 aromatic rings. The minimum Gasteiger partial charge on any atom is -0.147 e. The largest absolute Gasteiger partial charge is 0.147 e. The summed E-state index contributed by atoms with van der Waals surface area (Å²) in [7, 11) is 0. The van der Waals surface area contributed by atoms with Crippen molar-refractivity contribution >= 4 is 69.9 Å². The van der Waals surface area contributed by atoms with Crippen molar-refractivity contribution in [1.29, 1.82) is 0 Å². The Morgan fingerprint density at radius 1 is 0.321 bits per heavy atom. The van der Waals surface area contributed by atoms with Crippen LogP contribution in [0.3, 0.4) is 0 Å². The third kappa shape index (κ3) is 42.3. The van der Waals surface area contributed by atoms with E-state index in [1.165, 1.54) is 182 Å². The van der Waals surface area contributed by atoms with Gasteiger partial charge in [-0.15, -0.1) is 24.8 Å². The van der Waals surface area contributed by atoms with E-state index in [2.05, 4.69) is 13.8 Å². The van der Waals surface area contributed by atoms with E-state index in [1.54, 1.807) is 0 Å². The first-order valence-electron chi connectivity index (χ1n) is 12.2. The smallest absolute Gasteiger partial charge is 0.147 e. The van der Waals surface area contributed by atoms with Gasteiger partial charge in [0.25, 0.3) is 0 Å². The van der Waals surface area contributed by atoms with E-state index < -0.39 is 0 Å². The van der Waals surface area contributed by atoms with E-state index in [4.69, 9.17) is 0 Å². The van der Waals surface area contributed by atoms with Crippen LogP contribution in [-0.2, 0) is 0 Å². The van der Waals surface area contributed by atoms with Gasteiger partial charge in [-0.05, 0) is 0 Å². The molecule has 0 aliphatic rings. The van der Waals surface area contributed by atoms with Crippen molar-refractivity contribution < 1.29 is 0 Å². The maximum absolute atomic E-state index is 2.29. The maximum Gasteiger partial charge on any atom is -0.147 e. The van der Waals surface area contributed by atoms with Crippen LogP contribution in [0.25, 0.3) is 0 Å². The van der Waals surface area contributed by atoms with Gasteiger partial charge >= 0.3 is 196 Å². The molecule has 0 aliphatic carbocycles. The van der Waals surface area contributed by atoms with Gasteiger partial charge in [0.1, 0.15) is 0 Å². The fraction of sp³-hybridized carbons (Fsp3) is 1.00. The predicted octanol–water partition coefficient (Wildman–Crippen LogP) is 9.30. The van der Waals surface area contributed by atoms with E-state index in [0.29, 0.717) is 0 Å². The van der Waals surface area contributed by atoms with Gasteiger partial charge in [-0.1, -0.05) is 0 Å². The minimum absolute atomic E-state index is 0. The summed E-state index contributed by atoms with van der Waals surface area (Å²) >= 11 is 2.93. The van der Waals surface area contributed by atoms with Crippen molar-refractivity contribution in [3.05, 3.63) is 0 Å². The number of unbranched alkanes of at least 4 members (excludes halogenated alkanes) is 18. The van der Waals surface area contributed by atoms with E-state index in [-0.39, 0.29) is 24.8 Å². The first kappa shape index (κ1) is 37.5. The number of rotatable bonds is 20.